The van der Waals surface area contributed by atoms with Gasteiger partial charge in [-0.2, -0.15) is 0 Å². The number of nitrogens with zero attached hydrogens (tertiary/aromatic N) is 4. The summed E-state index contributed by atoms with van der Waals surface area (Å²) < 4.78 is 2.93. The van der Waals surface area contributed by atoms with E-state index in [4.69, 9.17) is 5.73 Å². The van der Waals surface area contributed by atoms with Crippen molar-refractivity contribution in [2.75, 3.05) is 6.54 Å². The van der Waals surface area contributed by atoms with Crippen molar-refractivity contribution in [3.8, 4) is 11.4 Å². The van der Waals surface area contributed by atoms with Crippen molar-refractivity contribution in [3.63, 3.8) is 0 Å². The van der Waals surface area contributed by atoms with Gasteiger partial charge < -0.3 is 5.73 Å². The maximum Gasteiger partial charge on any atom is 0.182 e. The molecule has 0 bridgehead atoms. The van der Waals surface area contributed by atoms with Crippen LogP contribution >= 0.6 is 15.9 Å². The normalized spacial score (nSPS) is 10.9. The SMILES string of the molecule is Cc1cc(-c2nnnn2CCCN)cc(C)c1Br. The summed E-state index contributed by atoms with van der Waals surface area (Å²) in [7, 11) is 0. The van der Waals surface area contributed by atoms with Crippen LogP contribution in [0.1, 0.15) is 17.5 Å². The second-order valence-corrected chi connectivity index (χ2v) is 5.08. The number of rotatable bonds is 4. The van der Waals surface area contributed by atoms with Gasteiger partial charge in [0.1, 0.15) is 0 Å². The molecule has 1 aromatic carbocycles. The third kappa shape index (κ3) is 2.59. The molecule has 0 fully saturated rings. The molecule has 0 amide bonds. The highest BCUT2D eigenvalue weighted by atomic mass is 79.9. The van der Waals surface area contributed by atoms with Gasteiger partial charge in [0.25, 0.3) is 0 Å². The largest absolute Gasteiger partial charge is 0.330 e. The standard InChI is InChI=1S/C12H16BrN5/c1-8-6-10(7-9(2)11(8)13)12-15-16-17-18(12)5-3-4-14/h6-7H,3-5,14H2,1-2H3. The first-order chi connectivity index (χ1) is 8.63. The molecule has 2 rings (SSSR count). The molecule has 96 valence electrons. The molecule has 0 aliphatic heterocycles. The first kappa shape index (κ1) is 13.2. The molecule has 0 saturated carbocycles. The highest BCUT2D eigenvalue weighted by Gasteiger charge is 2.11. The van der Waals surface area contributed by atoms with E-state index in [1.807, 2.05) is 0 Å². The average molecular weight is 310 g/mol. The predicted molar refractivity (Wildman–Crippen MR) is 74.1 cm³/mol. The van der Waals surface area contributed by atoms with Crippen LogP contribution in [0.2, 0.25) is 0 Å². The molecule has 5 nitrogen and oxygen atoms in total. The summed E-state index contributed by atoms with van der Waals surface area (Å²) in [6.07, 6.45) is 0.868. The Kier molecular flexibility index (Phi) is 4.08. The molecule has 18 heavy (non-hydrogen) atoms. The summed E-state index contributed by atoms with van der Waals surface area (Å²) >= 11 is 3.56. The lowest BCUT2D eigenvalue weighted by atomic mass is 10.1. The Bertz CT molecular complexity index is 526. The fraction of sp³-hybridized carbons (Fsp3) is 0.417. The highest BCUT2D eigenvalue weighted by Crippen LogP contribution is 2.27. The number of halogens is 1. The first-order valence-corrected chi connectivity index (χ1v) is 6.66. The molecule has 0 unspecified atom stereocenters. The topological polar surface area (TPSA) is 69.6 Å². The van der Waals surface area contributed by atoms with Crippen molar-refractivity contribution < 1.29 is 0 Å². The number of hydrogen-bond donors (Lipinski definition) is 1. The molecular formula is C12H16BrN5. The third-order valence-corrected chi connectivity index (χ3v) is 4.05. The van der Waals surface area contributed by atoms with Crippen LogP contribution in [0.4, 0.5) is 0 Å². The van der Waals surface area contributed by atoms with Crippen LogP contribution in [0, 0.1) is 13.8 Å². The van der Waals surface area contributed by atoms with E-state index in [1.54, 1.807) is 4.68 Å². The minimum atomic E-state index is 0.637. The number of nitrogens with two attached hydrogens (primary N) is 1. The smallest absolute Gasteiger partial charge is 0.182 e. The molecule has 1 heterocycles. The number of tetrazole rings is 1. The molecule has 2 aromatic rings. The number of aryl methyl sites for hydroxylation is 3. The van der Waals surface area contributed by atoms with Gasteiger partial charge in [-0.1, -0.05) is 15.9 Å². The van der Waals surface area contributed by atoms with Gasteiger partial charge >= 0.3 is 0 Å². The summed E-state index contributed by atoms with van der Waals surface area (Å²) in [5.41, 5.74) is 8.91. The van der Waals surface area contributed by atoms with Gasteiger partial charge in [-0.15, -0.1) is 5.10 Å². The monoisotopic (exact) mass is 309 g/mol. The van der Waals surface area contributed by atoms with Crippen molar-refractivity contribution in [2.24, 2.45) is 5.73 Å². The Morgan fingerprint density at radius 1 is 1.28 bits per heavy atom. The van der Waals surface area contributed by atoms with Gasteiger partial charge in [-0.3, -0.25) is 0 Å². The van der Waals surface area contributed by atoms with E-state index < -0.39 is 0 Å². The van der Waals surface area contributed by atoms with Crippen LogP contribution in [0.15, 0.2) is 16.6 Å². The van der Waals surface area contributed by atoms with Gasteiger partial charge in [0.05, 0.1) is 0 Å². The van der Waals surface area contributed by atoms with E-state index in [2.05, 4.69) is 57.4 Å². The molecule has 0 radical (unpaired) electrons. The number of aromatic nitrogens is 4. The van der Waals surface area contributed by atoms with E-state index in [-0.39, 0.29) is 0 Å². The van der Waals surface area contributed by atoms with Crippen molar-refractivity contribution >= 4 is 15.9 Å². The van der Waals surface area contributed by atoms with E-state index >= 15 is 0 Å². The lowest BCUT2D eigenvalue weighted by molar-refractivity contribution is 0.568. The summed E-state index contributed by atoms with van der Waals surface area (Å²) in [6.45, 7) is 5.51. The zero-order valence-corrected chi connectivity index (χ0v) is 12.1. The van der Waals surface area contributed by atoms with Crippen molar-refractivity contribution in [3.05, 3.63) is 27.7 Å². The first-order valence-electron chi connectivity index (χ1n) is 5.87. The summed E-state index contributed by atoms with van der Waals surface area (Å²) in [4.78, 5) is 0. The zero-order valence-electron chi connectivity index (χ0n) is 10.5. The quantitative estimate of drug-likeness (QED) is 0.938. The van der Waals surface area contributed by atoms with Crippen LogP contribution in [0.3, 0.4) is 0 Å². The predicted octanol–water partition coefficient (Wildman–Crippen LogP) is 2.07. The van der Waals surface area contributed by atoms with Gasteiger partial charge in [0.15, 0.2) is 5.82 Å². The average Bonchev–Trinajstić information content (AvgIpc) is 2.81. The minimum Gasteiger partial charge on any atom is -0.330 e. The summed E-state index contributed by atoms with van der Waals surface area (Å²) in [5.74, 6) is 0.794. The second-order valence-electron chi connectivity index (χ2n) is 4.29. The van der Waals surface area contributed by atoms with Crippen LogP contribution in [-0.2, 0) is 6.54 Å². The van der Waals surface area contributed by atoms with Gasteiger partial charge in [0.2, 0.25) is 0 Å². The maximum absolute atomic E-state index is 5.51. The lowest BCUT2D eigenvalue weighted by Gasteiger charge is -2.08. The molecule has 0 aliphatic rings. The van der Waals surface area contributed by atoms with Crippen molar-refractivity contribution in [2.45, 2.75) is 26.8 Å². The summed E-state index contributed by atoms with van der Waals surface area (Å²) in [5, 5.41) is 11.8. The second kappa shape index (κ2) is 5.58. The van der Waals surface area contributed by atoms with E-state index in [9.17, 15) is 0 Å². The maximum atomic E-state index is 5.51. The highest BCUT2D eigenvalue weighted by molar-refractivity contribution is 9.10. The Morgan fingerprint density at radius 3 is 2.56 bits per heavy atom. The zero-order chi connectivity index (χ0) is 13.1. The van der Waals surface area contributed by atoms with Gasteiger partial charge in [-0.05, 0) is 60.5 Å². The fourth-order valence-corrected chi connectivity index (χ4v) is 2.11. The van der Waals surface area contributed by atoms with Gasteiger partial charge in [-0.25, -0.2) is 4.68 Å². The van der Waals surface area contributed by atoms with Crippen LogP contribution in [0.25, 0.3) is 11.4 Å². The minimum absolute atomic E-state index is 0.637. The Morgan fingerprint density at radius 2 is 1.94 bits per heavy atom. The molecule has 0 aliphatic carbocycles. The molecular weight excluding hydrogens is 294 g/mol. The molecule has 0 saturated heterocycles. The Hall–Kier alpha value is -1.27. The number of benzene rings is 1. The lowest BCUT2D eigenvalue weighted by Crippen LogP contribution is -2.08. The van der Waals surface area contributed by atoms with E-state index in [0.717, 1.165) is 28.8 Å². The molecule has 1 aromatic heterocycles. The van der Waals surface area contributed by atoms with Gasteiger partial charge in [0, 0.05) is 16.6 Å². The van der Waals surface area contributed by atoms with Crippen molar-refractivity contribution in [1.82, 2.24) is 20.2 Å². The van der Waals surface area contributed by atoms with Crippen LogP contribution in [0.5, 0.6) is 0 Å². The molecule has 2 N–H and O–H groups in total. The number of hydrogen-bond acceptors (Lipinski definition) is 4. The van der Waals surface area contributed by atoms with Crippen LogP contribution in [-0.4, -0.2) is 26.8 Å². The molecule has 0 atom stereocenters. The summed E-state index contributed by atoms with van der Waals surface area (Å²) in [6, 6.07) is 4.17. The fourth-order valence-electron chi connectivity index (χ4n) is 1.88. The molecule has 6 heteroatoms. The molecule has 0 spiro atoms. The van der Waals surface area contributed by atoms with Crippen LogP contribution < -0.4 is 5.73 Å². The van der Waals surface area contributed by atoms with Crippen molar-refractivity contribution in [1.29, 1.82) is 0 Å². The third-order valence-electron chi connectivity index (χ3n) is 2.80. The Labute approximate surface area is 115 Å². The Balaban J connectivity index is 2.40. The van der Waals surface area contributed by atoms with E-state index in [0.29, 0.717) is 6.54 Å². The van der Waals surface area contributed by atoms with E-state index in [1.165, 1.54) is 11.1 Å².